The van der Waals surface area contributed by atoms with Crippen LogP contribution in [0.1, 0.15) is 32.1 Å². The van der Waals surface area contributed by atoms with Gasteiger partial charge in [-0.2, -0.15) is 0 Å². The maximum absolute atomic E-state index is 11.6. The Labute approximate surface area is 101 Å². The van der Waals surface area contributed by atoms with Crippen molar-refractivity contribution in [3.63, 3.8) is 0 Å². The Morgan fingerprint density at radius 1 is 1.47 bits per heavy atom. The quantitative estimate of drug-likeness (QED) is 0.605. The number of carboxylic acid groups (broad SMARTS) is 1. The van der Waals surface area contributed by atoms with Crippen LogP contribution < -0.4 is 11.1 Å². The molecular formula is C12H18N2O3. The number of rotatable bonds is 4. The molecule has 1 amide bonds. The highest BCUT2D eigenvalue weighted by Gasteiger charge is 2.32. The molecule has 0 radical (unpaired) electrons. The molecule has 0 aromatic rings. The van der Waals surface area contributed by atoms with E-state index in [9.17, 15) is 9.59 Å². The van der Waals surface area contributed by atoms with Gasteiger partial charge in [-0.3, -0.25) is 9.59 Å². The molecular weight excluding hydrogens is 220 g/mol. The van der Waals surface area contributed by atoms with Crippen molar-refractivity contribution in [1.82, 2.24) is 5.32 Å². The molecule has 5 nitrogen and oxygen atoms in total. The Kier molecular flexibility index (Phi) is 4.98. The van der Waals surface area contributed by atoms with Gasteiger partial charge < -0.3 is 16.2 Å². The van der Waals surface area contributed by atoms with Crippen molar-refractivity contribution in [2.45, 2.75) is 44.2 Å². The SMILES string of the molecule is C#CCC(N)C(=O)NC1CCCCC1C(=O)O. The minimum absolute atomic E-state index is 0.163. The van der Waals surface area contributed by atoms with Gasteiger partial charge in [-0.05, 0) is 12.8 Å². The number of nitrogens with two attached hydrogens (primary N) is 1. The van der Waals surface area contributed by atoms with Gasteiger partial charge in [0.25, 0.3) is 0 Å². The molecule has 3 unspecified atom stereocenters. The van der Waals surface area contributed by atoms with Gasteiger partial charge in [0.1, 0.15) is 0 Å². The number of nitrogens with one attached hydrogen (secondary N) is 1. The van der Waals surface area contributed by atoms with E-state index in [1.165, 1.54) is 0 Å². The second-order valence-corrected chi connectivity index (χ2v) is 4.36. The van der Waals surface area contributed by atoms with E-state index in [1.54, 1.807) is 0 Å². The first-order valence-corrected chi connectivity index (χ1v) is 5.78. The van der Waals surface area contributed by atoms with Crippen molar-refractivity contribution >= 4 is 11.9 Å². The van der Waals surface area contributed by atoms with Crippen LogP contribution in [0.25, 0.3) is 0 Å². The van der Waals surface area contributed by atoms with E-state index in [4.69, 9.17) is 17.3 Å². The number of carboxylic acids is 1. The molecule has 0 aromatic carbocycles. The molecule has 1 saturated carbocycles. The summed E-state index contributed by atoms with van der Waals surface area (Å²) in [7, 11) is 0. The van der Waals surface area contributed by atoms with E-state index in [0.29, 0.717) is 12.8 Å². The maximum atomic E-state index is 11.6. The van der Waals surface area contributed by atoms with Gasteiger partial charge in [-0.15, -0.1) is 12.3 Å². The summed E-state index contributed by atoms with van der Waals surface area (Å²) >= 11 is 0. The molecule has 1 aliphatic rings. The predicted octanol–water partition coefficient (Wildman–Crippen LogP) is 0.0966. The zero-order chi connectivity index (χ0) is 12.8. The number of terminal acetylenes is 1. The summed E-state index contributed by atoms with van der Waals surface area (Å²) in [5.41, 5.74) is 5.56. The number of hydrogen-bond donors (Lipinski definition) is 3. The highest BCUT2D eigenvalue weighted by Crippen LogP contribution is 2.24. The first-order valence-electron chi connectivity index (χ1n) is 5.78. The van der Waals surface area contributed by atoms with Gasteiger partial charge in [0.15, 0.2) is 0 Å². The summed E-state index contributed by atoms with van der Waals surface area (Å²) in [5, 5.41) is 11.7. The van der Waals surface area contributed by atoms with Crippen LogP contribution in [0.15, 0.2) is 0 Å². The maximum Gasteiger partial charge on any atom is 0.308 e. The Morgan fingerprint density at radius 2 is 2.12 bits per heavy atom. The van der Waals surface area contributed by atoms with Crippen LogP contribution in [-0.2, 0) is 9.59 Å². The van der Waals surface area contributed by atoms with Crippen molar-refractivity contribution in [2.75, 3.05) is 0 Å². The molecule has 4 N–H and O–H groups in total. The van der Waals surface area contributed by atoms with Gasteiger partial charge >= 0.3 is 5.97 Å². The van der Waals surface area contributed by atoms with Crippen molar-refractivity contribution in [2.24, 2.45) is 11.7 Å². The number of carbonyl (C=O) groups is 2. The fourth-order valence-corrected chi connectivity index (χ4v) is 2.11. The summed E-state index contributed by atoms with van der Waals surface area (Å²) < 4.78 is 0. The first-order chi connectivity index (χ1) is 8.06. The van der Waals surface area contributed by atoms with Crippen molar-refractivity contribution in [3.8, 4) is 12.3 Å². The van der Waals surface area contributed by atoms with Crippen LogP contribution >= 0.6 is 0 Å². The summed E-state index contributed by atoms with van der Waals surface area (Å²) in [4.78, 5) is 22.7. The number of aliphatic carboxylic acids is 1. The summed E-state index contributed by atoms with van der Waals surface area (Å²) in [6.45, 7) is 0. The molecule has 17 heavy (non-hydrogen) atoms. The molecule has 94 valence electrons. The molecule has 3 atom stereocenters. The number of carbonyl (C=O) groups excluding carboxylic acids is 1. The molecule has 0 bridgehead atoms. The van der Waals surface area contributed by atoms with Crippen molar-refractivity contribution < 1.29 is 14.7 Å². The van der Waals surface area contributed by atoms with E-state index in [-0.39, 0.29) is 18.4 Å². The average molecular weight is 238 g/mol. The van der Waals surface area contributed by atoms with Gasteiger partial charge in [0.2, 0.25) is 5.91 Å². The predicted molar refractivity (Wildman–Crippen MR) is 62.9 cm³/mol. The molecule has 0 heterocycles. The third-order valence-corrected chi connectivity index (χ3v) is 3.09. The Balaban J connectivity index is 2.56. The van der Waals surface area contributed by atoms with E-state index in [1.807, 2.05) is 0 Å². The topological polar surface area (TPSA) is 92.4 Å². The van der Waals surface area contributed by atoms with Crippen LogP contribution in [0.5, 0.6) is 0 Å². The van der Waals surface area contributed by atoms with Crippen molar-refractivity contribution in [1.29, 1.82) is 0 Å². The van der Waals surface area contributed by atoms with Crippen LogP contribution in [0.3, 0.4) is 0 Å². The Hall–Kier alpha value is -1.54. The monoisotopic (exact) mass is 238 g/mol. The minimum atomic E-state index is -0.861. The zero-order valence-corrected chi connectivity index (χ0v) is 9.69. The highest BCUT2D eigenvalue weighted by molar-refractivity contribution is 5.83. The molecule has 0 aromatic heterocycles. The van der Waals surface area contributed by atoms with Gasteiger partial charge in [0.05, 0.1) is 12.0 Å². The lowest BCUT2D eigenvalue weighted by Gasteiger charge is -2.29. The smallest absolute Gasteiger partial charge is 0.308 e. The van der Waals surface area contributed by atoms with Gasteiger partial charge in [-0.1, -0.05) is 12.8 Å². The number of hydrogen-bond acceptors (Lipinski definition) is 3. The largest absolute Gasteiger partial charge is 0.481 e. The lowest BCUT2D eigenvalue weighted by atomic mass is 9.84. The lowest BCUT2D eigenvalue weighted by molar-refractivity contribution is -0.144. The van der Waals surface area contributed by atoms with Crippen LogP contribution in [-0.4, -0.2) is 29.1 Å². The van der Waals surface area contributed by atoms with Crippen LogP contribution in [0.2, 0.25) is 0 Å². The fraction of sp³-hybridized carbons (Fsp3) is 0.667. The van der Waals surface area contributed by atoms with E-state index >= 15 is 0 Å². The summed E-state index contributed by atoms with van der Waals surface area (Å²) in [6, 6.07) is -1.08. The lowest BCUT2D eigenvalue weighted by Crippen LogP contribution is -2.50. The molecule has 0 aliphatic heterocycles. The third kappa shape index (κ3) is 3.75. The van der Waals surface area contributed by atoms with Gasteiger partial charge in [-0.25, -0.2) is 0 Å². The molecule has 1 fully saturated rings. The molecule has 5 heteroatoms. The second-order valence-electron chi connectivity index (χ2n) is 4.36. The van der Waals surface area contributed by atoms with Crippen LogP contribution in [0, 0.1) is 18.3 Å². The third-order valence-electron chi connectivity index (χ3n) is 3.09. The molecule has 0 spiro atoms. The zero-order valence-electron chi connectivity index (χ0n) is 9.69. The molecule has 1 aliphatic carbocycles. The minimum Gasteiger partial charge on any atom is -0.481 e. The van der Waals surface area contributed by atoms with E-state index in [2.05, 4.69) is 11.2 Å². The average Bonchev–Trinajstić information content (AvgIpc) is 2.29. The highest BCUT2D eigenvalue weighted by atomic mass is 16.4. The molecule has 0 saturated heterocycles. The molecule has 1 rings (SSSR count). The standard InChI is InChI=1S/C12H18N2O3/c1-2-5-9(13)11(15)14-10-7-4-3-6-8(10)12(16)17/h1,8-10H,3-7,13H2,(H,14,15)(H,16,17). The van der Waals surface area contributed by atoms with Crippen molar-refractivity contribution in [3.05, 3.63) is 0 Å². The van der Waals surface area contributed by atoms with E-state index in [0.717, 1.165) is 12.8 Å². The summed E-state index contributed by atoms with van der Waals surface area (Å²) in [6.07, 6.45) is 8.34. The first kappa shape index (κ1) is 13.5. The van der Waals surface area contributed by atoms with E-state index < -0.39 is 17.9 Å². The number of amides is 1. The second kappa shape index (κ2) is 6.26. The van der Waals surface area contributed by atoms with Gasteiger partial charge in [0, 0.05) is 12.5 Å². The summed E-state index contributed by atoms with van der Waals surface area (Å²) in [5.74, 6) is 0.588. The normalized spacial score (nSPS) is 25.6. The Bertz CT molecular complexity index is 335. The Morgan fingerprint density at radius 3 is 2.71 bits per heavy atom. The van der Waals surface area contributed by atoms with Crippen LogP contribution in [0.4, 0.5) is 0 Å². The fourth-order valence-electron chi connectivity index (χ4n) is 2.11.